The number of fused-ring (bicyclic) bond motifs is 1. The van der Waals surface area contributed by atoms with E-state index in [2.05, 4.69) is 11.8 Å². The average molecular weight is 459 g/mol. The fraction of sp³-hybridized carbons (Fsp3) is 0.704. The topological polar surface area (TPSA) is 49.9 Å². The molecule has 1 saturated heterocycles. The number of nitrogens with zero attached hydrogens (tertiary/aromatic N) is 2. The van der Waals surface area contributed by atoms with Crippen LogP contribution >= 0.6 is 0 Å². The second-order valence-corrected chi connectivity index (χ2v) is 10.3. The predicted octanol–water partition coefficient (Wildman–Crippen LogP) is 4.89. The summed E-state index contributed by atoms with van der Waals surface area (Å²) in [6, 6.07) is 3.62. The van der Waals surface area contributed by atoms with Crippen molar-refractivity contribution in [3.05, 3.63) is 29.1 Å². The second kappa shape index (κ2) is 10.5. The van der Waals surface area contributed by atoms with E-state index in [-0.39, 0.29) is 23.0 Å². The predicted molar refractivity (Wildman–Crippen MR) is 127 cm³/mol. The van der Waals surface area contributed by atoms with Gasteiger partial charge in [0.1, 0.15) is 11.6 Å². The summed E-state index contributed by atoms with van der Waals surface area (Å²) in [5.74, 6) is 0.740. The molecule has 0 radical (unpaired) electrons. The standard InChI is InChI=1S/C27H39FN2O3/c1-3-14-29(20-8-9-21-22(17-20)24(33-2)11-10-23(21)28)15-6-7-16-30-25(31)18-27(19-26(30)32)12-4-5-13-27/h10-11,20H,3-9,12-19H2,1-2H3/t20-/m1/s1. The normalized spacial score (nSPS) is 22.3. The minimum atomic E-state index is -0.124. The molecule has 1 atom stereocenters. The van der Waals surface area contributed by atoms with Gasteiger partial charge in [-0.1, -0.05) is 19.8 Å². The van der Waals surface area contributed by atoms with Gasteiger partial charge in [-0.05, 0) is 87.6 Å². The van der Waals surface area contributed by atoms with E-state index < -0.39 is 0 Å². The van der Waals surface area contributed by atoms with Crippen molar-refractivity contribution in [2.45, 2.75) is 90.0 Å². The summed E-state index contributed by atoms with van der Waals surface area (Å²) < 4.78 is 19.8. The van der Waals surface area contributed by atoms with Crippen LogP contribution in [-0.2, 0) is 22.4 Å². The Morgan fingerprint density at radius 1 is 1.09 bits per heavy atom. The quantitative estimate of drug-likeness (QED) is 0.390. The van der Waals surface area contributed by atoms with E-state index in [1.807, 2.05) is 0 Å². The molecule has 1 aliphatic heterocycles. The Morgan fingerprint density at radius 3 is 2.48 bits per heavy atom. The number of carbonyl (C=O) groups is 2. The van der Waals surface area contributed by atoms with Crippen molar-refractivity contribution >= 4 is 11.8 Å². The van der Waals surface area contributed by atoms with Crippen LogP contribution in [0.15, 0.2) is 12.1 Å². The number of benzene rings is 1. The van der Waals surface area contributed by atoms with Gasteiger partial charge in [0.25, 0.3) is 0 Å². The van der Waals surface area contributed by atoms with Crippen LogP contribution < -0.4 is 4.74 Å². The van der Waals surface area contributed by atoms with Gasteiger partial charge in [0, 0.05) is 31.0 Å². The molecule has 5 nitrogen and oxygen atoms in total. The summed E-state index contributed by atoms with van der Waals surface area (Å²) in [7, 11) is 1.65. The summed E-state index contributed by atoms with van der Waals surface area (Å²) >= 11 is 0. The first-order valence-electron chi connectivity index (χ1n) is 12.9. The Labute approximate surface area is 197 Å². The first-order chi connectivity index (χ1) is 16.0. The maximum absolute atomic E-state index is 14.3. The lowest BCUT2D eigenvalue weighted by Gasteiger charge is -2.38. The fourth-order valence-corrected chi connectivity index (χ4v) is 6.40. The Kier molecular flexibility index (Phi) is 7.72. The molecule has 1 aromatic rings. The van der Waals surface area contributed by atoms with Crippen LogP contribution in [0.2, 0.25) is 0 Å². The zero-order valence-electron chi connectivity index (χ0n) is 20.3. The molecule has 0 aromatic heterocycles. The second-order valence-electron chi connectivity index (χ2n) is 10.3. The minimum absolute atomic E-state index is 0.0274. The lowest BCUT2D eigenvalue weighted by atomic mass is 9.76. The molecule has 2 aliphatic carbocycles. The first kappa shape index (κ1) is 24.2. The molecule has 0 bridgehead atoms. The van der Waals surface area contributed by atoms with Crippen LogP contribution in [0.25, 0.3) is 0 Å². The van der Waals surface area contributed by atoms with E-state index in [4.69, 9.17) is 4.74 Å². The highest BCUT2D eigenvalue weighted by Crippen LogP contribution is 2.46. The van der Waals surface area contributed by atoms with Crippen molar-refractivity contribution in [3.8, 4) is 5.75 Å². The number of amides is 2. The van der Waals surface area contributed by atoms with Crippen molar-refractivity contribution in [2.24, 2.45) is 5.41 Å². The molecular weight excluding hydrogens is 419 g/mol. The van der Waals surface area contributed by atoms with Gasteiger partial charge in [-0.15, -0.1) is 0 Å². The number of halogens is 1. The Bertz CT molecular complexity index is 845. The number of likely N-dealkylation sites (tertiary alicyclic amines) is 1. The lowest BCUT2D eigenvalue weighted by molar-refractivity contribution is -0.153. The van der Waals surface area contributed by atoms with Crippen molar-refractivity contribution in [2.75, 3.05) is 26.7 Å². The summed E-state index contributed by atoms with van der Waals surface area (Å²) in [6.07, 6.45) is 10.8. The highest BCUT2D eigenvalue weighted by Gasteiger charge is 2.44. The molecule has 2 fully saturated rings. The SMILES string of the molecule is CCCN(CCCCN1C(=O)CC2(CCCC2)CC1=O)[C@@H]1CCc2c(F)ccc(OC)c2C1. The van der Waals surface area contributed by atoms with Crippen molar-refractivity contribution in [1.82, 2.24) is 9.80 Å². The molecule has 2 amide bonds. The molecule has 182 valence electrons. The third-order valence-corrected chi connectivity index (χ3v) is 8.14. The molecule has 6 heteroatoms. The monoisotopic (exact) mass is 458 g/mol. The highest BCUT2D eigenvalue weighted by atomic mass is 19.1. The number of hydrogen-bond acceptors (Lipinski definition) is 4. The van der Waals surface area contributed by atoms with Gasteiger partial charge in [0.2, 0.25) is 11.8 Å². The molecule has 1 spiro atoms. The summed E-state index contributed by atoms with van der Waals surface area (Å²) in [5.41, 5.74) is 1.80. The molecule has 0 N–H and O–H groups in total. The van der Waals surface area contributed by atoms with E-state index >= 15 is 0 Å². The molecule has 33 heavy (non-hydrogen) atoms. The third kappa shape index (κ3) is 5.26. The number of hydrogen-bond donors (Lipinski definition) is 0. The minimum Gasteiger partial charge on any atom is -0.496 e. The number of imide groups is 1. The van der Waals surface area contributed by atoms with Gasteiger partial charge < -0.3 is 9.64 Å². The maximum atomic E-state index is 14.3. The number of ether oxygens (including phenoxy) is 1. The van der Waals surface area contributed by atoms with Gasteiger partial charge in [0.15, 0.2) is 0 Å². The van der Waals surface area contributed by atoms with Gasteiger partial charge in [-0.25, -0.2) is 4.39 Å². The Morgan fingerprint density at radius 2 is 1.82 bits per heavy atom. The van der Waals surface area contributed by atoms with E-state index in [9.17, 15) is 14.0 Å². The first-order valence-corrected chi connectivity index (χ1v) is 12.9. The maximum Gasteiger partial charge on any atom is 0.229 e. The van der Waals surface area contributed by atoms with Crippen LogP contribution in [0, 0.1) is 11.2 Å². The zero-order chi connectivity index (χ0) is 23.4. The van der Waals surface area contributed by atoms with Gasteiger partial charge in [-0.2, -0.15) is 0 Å². The number of rotatable bonds is 9. The van der Waals surface area contributed by atoms with E-state index in [1.165, 1.54) is 11.0 Å². The summed E-state index contributed by atoms with van der Waals surface area (Å²) in [5, 5.41) is 0. The average Bonchev–Trinajstić information content (AvgIpc) is 3.24. The number of unbranched alkanes of at least 4 members (excludes halogenated alkanes) is 1. The number of piperidine rings is 1. The van der Waals surface area contributed by atoms with E-state index in [1.54, 1.807) is 13.2 Å². The van der Waals surface area contributed by atoms with Gasteiger partial charge in [0.05, 0.1) is 7.11 Å². The lowest BCUT2D eigenvalue weighted by Crippen LogP contribution is -2.47. The van der Waals surface area contributed by atoms with E-state index in [0.29, 0.717) is 25.4 Å². The fourth-order valence-electron chi connectivity index (χ4n) is 6.40. The molecule has 1 heterocycles. The van der Waals surface area contributed by atoms with Crippen LogP contribution in [0.1, 0.15) is 82.3 Å². The van der Waals surface area contributed by atoms with Crippen molar-refractivity contribution in [1.29, 1.82) is 0 Å². The van der Waals surface area contributed by atoms with Crippen molar-refractivity contribution < 1.29 is 18.7 Å². The Balaban J connectivity index is 1.30. The van der Waals surface area contributed by atoms with Crippen LogP contribution in [0.3, 0.4) is 0 Å². The number of carbonyl (C=O) groups excluding carboxylic acids is 2. The molecule has 3 aliphatic rings. The summed E-state index contributed by atoms with van der Waals surface area (Å²) in [6.45, 7) is 4.67. The molecular formula is C27H39FN2O3. The molecule has 0 unspecified atom stereocenters. The zero-order valence-corrected chi connectivity index (χ0v) is 20.3. The van der Waals surface area contributed by atoms with Gasteiger partial charge >= 0.3 is 0 Å². The van der Waals surface area contributed by atoms with Crippen LogP contribution in [0.4, 0.5) is 4.39 Å². The van der Waals surface area contributed by atoms with Crippen molar-refractivity contribution in [3.63, 3.8) is 0 Å². The molecule has 1 saturated carbocycles. The third-order valence-electron chi connectivity index (χ3n) is 8.14. The van der Waals surface area contributed by atoms with E-state index in [0.717, 1.165) is 94.2 Å². The smallest absolute Gasteiger partial charge is 0.229 e. The van der Waals surface area contributed by atoms with Gasteiger partial charge in [-0.3, -0.25) is 14.5 Å². The molecule has 1 aromatic carbocycles. The molecule has 4 rings (SSSR count). The number of methoxy groups -OCH3 is 1. The Hall–Kier alpha value is -1.95. The van der Waals surface area contributed by atoms with Crippen LogP contribution in [-0.4, -0.2) is 54.4 Å². The largest absolute Gasteiger partial charge is 0.496 e. The summed E-state index contributed by atoms with van der Waals surface area (Å²) in [4.78, 5) is 29.4. The highest BCUT2D eigenvalue weighted by molar-refractivity contribution is 5.98. The van der Waals surface area contributed by atoms with Crippen LogP contribution in [0.5, 0.6) is 5.75 Å².